The Hall–Kier alpha value is -1.95. The quantitative estimate of drug-likeness (QED) is 0.484. The summed E-state index contributed by atoms with van der Waals surface area (Å²) in [7, 11) is 0. The van der Waals surface area contributed by atoms with Crippen LogP contribution in [0.15, 0.2) is 24.3 Å². The van der Waals surface area contributed by atoms with Crippen molar-refractivity contribution < 1.29 is 9.72 Å². The van der Waals surface area contributed by atoms with Crippen LogP contribution in [0, 0.1) is 10.1 Å². The van der Waals surface area contributed by atoms with E-state index in [1.807, 2.05) is 11.8 Å². The maximum absolute atomic E-state index is 12.7. The van der Waals surface area contributed by atoms with Gasteiger partial charge in [-0.25, -0.2) is 0 Å². The van der Waals surface area contributed by atoms with E-state index in [0.717, 1.165) is 25.9 Å². The molecule has 0 aliphatic rings. The fraction of sp³-hybridized carbons (Fsp3) is 0.611. The molecule has 0 spiro atoms. The molecule has 0 radical (unpaired) electrons. The molecule has 6 nitrogen and oxygen atoms in total. The highest BCUT2D eigenvalue weighted by atomic mass is 16.6. The summed E-state index contributed by atoms with van der Waals surface area (Å²) in [4.78, 5) is 27.1. The summed E-state index contributed by atoms with van der Waals surface area (Å²) in [6.07, 6.45) is 2.18. The van der Waals surface area contributed by atoms with Crippen LogP contribution < -0.4 is 0 Å². The molecule has 0 heterocycles. The lowest BCUT2D eigenvalue weighted by molar-refractivity contribution is -0.384. The maximum Gasteiger partial charge on any atom is 0.269 e. The summed E-state index contributed by atoms with van der Waals surface area (Å²) in [6, 6.07) is 6.11. The number of nitro groups is 1. The van der Waals surface area contributed by atoms with Gasteiger partial charge >= 0.3 is 0 Å². The minimum atomic E-state index is -0.457. The summed E-state index contributed by atoms with van der Waals surface area (Å²) in [6.45, 7) is 11.8. The number of rotatable bonds is 10. The van der Waals surface area contributed by atoms with Gasteiger partial charge in [-0.15, -0.1) is 0 Å². The third-order valence-electron chi connectivity index (χ3n) is 4.12. The maximum atomic E-state index is 12.7. The van der Waals surface area contributed by atoms with Crippen molar-refractivity contribution in [2.45, 2.75) is 46.6 Å². The van der Waals surface area contributed by atoms with Crippen LogP contribution in [0.4, 0.5) is 5.69 Å². The van der Waals surface area contributed by atoms with Crippen molar-refractivity contribution in [1.82, 2.24) is 9.80 Å². The first kappa shape index (κ1) is 20.1. The molecule has 1 unspecified atom stereocenters. The number of benzene rings is 1. The van der Waals surface area contributed by atoms with Gasteiger partial charge in [0.25, 0.3) is 11.6 Å². The van der Waals surface area contributed by atoms with Gasteiger partial charge in [0.1, 0.15) is 0 Å². The Morgan fingerprint density at radius 1 is 1.12 bits per heavy atom. The zero-order chi connectivity index (χ0) is 18.1. The Morgan fingerprint density at radius 2 is 1.67 bits per heavy atom. The van der Waals surface area contributed by atoms with Gasteiger partial charge in [0.05, 0.1) is 4.92 Å². The Bertz CT molecular complexity index is 525. The topological polar surface area (TPSA) is 66.7 Å². The highest BCUT2D eigenvalue weighted by molar-refractivity contribution is 5.94. The molecule has 0 saturated heterocycles. The minimum absolute atomic E-state index is 0.0000308. The highest BCUT2D eigenvalue weighted by Crippen LogP contribution is 2.14. The number of nitro benzene ring substituents is 1. The van der Waals surface area contributed by atoms with Gasteiger partial charge in [0.15, 0.2) is 0 Å². The van der Waals surface area contributed by atoms with Crippen molar-refractivity contribution >= 4 is 11.6 Å². The van der Waals surface area contributed by atoms with Gasteiger partial charge < -0.3 is 4.90 Å². The number of carbonyl (C=O) groups excluding carboxylic acids is 1. The molecule has 24 heavy (non-hydrogen) atoms. The van der Waals surface area contributed by atoms with Crippen LogP contribution in [-0.4, -0.2) is 52.9 Å². The van der Waals surface area contributed by atoms with Crippen LogP contribution in [0.5, 0.6) is 0 Å². The Balaban J connectivity index is 2.80. The van der Waals surface area contributed by atoms with E-state index < -0.39 is 4.92 Å². The fourth-order valence-electron chi connectivity index (χ4n) is 2.83. The van der Waals surface area contributed by atoms with Crippen LogP contribution in [0.25, 0.3) is 0 Å². The molecule has 0 aliphatic heterocycles. The number of amides is 1. The number of hydrogen-bond donors (Lipinski definition) is 0. The minimum Gasteiger partial charge on any atom is -0.337 e. The molecule has 1 amide bonds. The van der Waals surface area contributed by atoms with E-state index in [2.05, 4.69) is 25.7 Å². The molecule has 134 valence electrons. The number of carbonyl (C=O) groups is 1. The zero-order valence-corrected chi connectivity index (χ0v) is 15.2. The molecule has 1 rings (SSSR count). The van der Waals surface area contributed by atoms with E-state index in [0.29, 0.717) is 18.7 Å². The highest BCUT2D eigenvalue weighted by Gasteiger charge is 2.20. The molecule has 1 aromatic rings. The lowest BCUT2D eigenvalue weighted by atomic mass is 10.1. The molecule has 1 aromatic carbocycles. The molecule has 0 aromatic heterocycles. The Labute approximate surface area is 144 Å². The van der Waals surface area contributed by atoms with E-state index in [4.69, 9.17) is 0 Å². The first-order valence-corrected chi connectivity index (χ1v) is 8.72. The predicted octanol–water partition coefficient (Wildman–Crippen LogP) is 3.57. The number of hydrogen-bond acceptors (Lipinski definition) is 4. The largest absolute Gasteiger partial charge is 0.337 e. The van der Waals surface area contributed by atoms with Crippen molar-refractivity contribution in [3.63, 3.8) is 0 Å². The predicted molar refractivity (Wildman–Crippen MR) is 96.3 cm³/mol. The lowest BCUT2D eigenvalue weighted by Gasteiger charge is -2.33. The molecule has 0 bridgehead atoms. The second kappa shape index (κ2) is 10.0. The van der Waals surface area contributed by atoms with E-state index in [9.17, 15) is 14.9 Å². The fourth-order valence-corrected chi connectivity index (χ4v) is 2.83. The first-order chi connectivity index (χ1) is 11.4. The summed E-state index contributed by atoms with van der Waals surface area (Å²) >= 11 is 0. The summed E-state index contributed by atoms with van der Waals surface area (Å²) in [5.74, 6) is -0.0767. The third kappa shape index (κ3) is 5.60. The van der Waals surface area contributed by atoms with Crippen LogP contribution in [0.2, 0.25) is 0 Å². The van der Waals surface area contributed by atoms with Gasteiger partial charge in [-0.05, 0) is 51.9 Å². The van der Waals surface area contributed by atoms with Crippen LogP contribution in [0.1, 0.15) is 50.9 Å². The molecule has 0 fully saturated rings. The van der Waals surface area contributed by atoms with Gasteiger partial charge in [-0.3, -0.25) is 19.8 Å². The SMILES string of the molecule is CCCN(CCC)C(C)CN(CC)C(=O)c1ccc([N+](=O)[O-])cc1. The second-order valence-electron chi connectivity index (χ2n) is 6.03. The first-order valence-electron chi connectivity index (χ1n) is 8.72. The Morgan fingerprint density at radius 3 is 2.08 bits per heavy atom. The summed E-state index contributed by atoms with van der Waals surface area (Å²) in [5, 5.41) is 10.7. The number of non-ortho nitro benzene ring substituents is 1. The van der Waals surface area contributed by atoms with Crippen molar-refractivity contribution in [1.29, 1.82) is 0 Å². The number of likely N-dealkylation sites (N-methyl/N-ethyl adjacent to an activating group) is 1. The average molecular weight is 335 g/mol. The molecule has 0 saturated carbocycles. The van der Waals surface area contributed by atoms with E-state index in [-0.39, 0.29) is 17.6 Å². The van der Waals surface area contributed by atoms with Gasteiger partial charge in [-0.1, -0.05) is 13.8 Å². The van der Waals surface area contributed by atoms with Crippen molar-refractivity contribution in [2.24, 2.45) is 0 Å². The van der Waals surface area contributed by atoms with Crippen LogP contribution in [-0.2, 0) is 0 Å². The van der Waals surface area contributed by atoms with Gasteiger partial charge in [-0.2, -0.15) is 0 Å². The van der Waals surface area contributed by atoms with Crippen molar-refractivity contribution in [3.8, 4) is 0 Å². The monoisotopic (exact) mass is 335 g/mol. The van der Waals surface area contributed by atoms with Gasteiger partial charge in [0, 0.05) is 36.8 Å². The molecule has 0 aliphatic carbocycles. The average Bonchev–Trinajstić information content (AvgIpc) is 2.58. The molecular formula is C18H29N3O3. The van der Waals surface area contributed by atoms with E-state index >= 15 is 0 Å². The summed E-state index contributed by atoms with van der Waals surface area (Å²) in [5.41, 5.74) is 0.493. The van der Waals surface area contributed by atoms with E-state index in [1.54, 1.807) is 0 Å². The summed E-state index contributed by atoms with van der Waals surface area (Å²) < 4.78 is 0. The van der Waals surface area contributed by atoms with Crippen LogP contribution in [0.3, 0.4) is 0 Å². The van der Waals surface area contributed by atoms with Crippen LogP contribution >= 0.6 is 0 Å². The Kier molecular flexibility index (Phi) is 8.40. The second-order valence-corrected chi connectivity index (χ2v) is 6.03. The van der Waals surface area contributed by atoms with Crippen molar-refractivity contribution in [2.75, 3.05) is 26.2 Å². The molecular weight excluding hydrogens is 306 g/mol. The molecule has 0 N–H and O–H groups in total. The number of nitrogens with zero attached hydrogens (tertiary/aromatic N) is 3. The normalized spacial score (nSPS) is 12.2. The van der Waals surface area contributed by atoms with E-state index in [1.165, 1.54) is 24.3 Å². The lowest BCUT2D eigenvalue weighted by Crippen LogP contribution is -2.45. The standard InChI is InChI=1S/C18H29N3O3/c1-5-12-20(13-6-2)15(4)14-19(7-3)18(22)16-8-10-17(11-9-16)21(23)24/h8-11,15H,5-7,12-14H2,1-4H3. The van der Waals surface area contributed by atoms with Gasteiger partial charge in [0.2, 0.25) is 0 Å². The zero-order valence-electron chi connectivity index (χ0n) is 15.2. The molecule has 1 atom stereocenters. The third-order valence-corrected chi connectivity index (χ3v) is 4.12. The molecule has 6 heteroatoms. The van der Waals surface area contributed by atoms with Crippen molar-refractivity contribution in [3.05, 3.63) is 39.9 Å². The smallest absolute Gasteiger partial charge is 0.269 e.